The zero-order chi connectivity index (χ0) is 14.3. The summed E-state index contributed by atoms with van der Waals surface area (Å²) in [5.74, 6) is 0.0940. The zero-order valence-corrected chi connectivity index (χ0v) is 11.4. The first-order chi connectivity index (χ1) is 9.63. The van der Waals surface area contributed by atoms with E-state index in [0.29, 0.717) is 16.5 Å². The number of allylic oxidation sites excluding steroid dienone is 1. The molecule has 0 saturated heterocycles. The van der Waals surface area contributed by atoms with Gasteiger partial charge in [0.05, 0.1) is 5.92 Å². The van der Waals surface area contributed by atoms with Crippen LogP contribution in [0.2, 0.25) is 5.02 Å². The summed E-state index contributed by atoms with van der Waals surface area (Å²) in [6.45, 7) is 1.87. The molecule has 20 heavy (non-hydrogen) atoms. The van der Waals surface area contributed by atoms with Crippen molar-refractivity contribution in [2.24, 2.45) is 5.73 Å². The second-order valence-electron chi connectivity index (χ2n) is 4.51. The normalized spacial score (nSPS) is 17.4. The molecule has 100 valence electrons. The smallest absolute Gasteiger partial charge is 0.244 e. The summed E-state index contributed by atoms with van der Waals surface area (Å²) in [6, 6.07) is 9.49. The van der Waals surface area contributed by atoms with Crippen LogP contribution in [0.25, 0.3) is 0 Å². The van der Waals surface area contributed by atoms with E-state index >= 15 is 0 Å². The van der Waals surface area contributed by atoms with E-state index in [1.54, 1.807) is 6.07 Å². The average molecular weight is 287 g/mol. The Bertz CT molecular complexity index is 757. The van der Waals surface area contributed by atoms with Gasteiger partial charge in [-0.2, -0.15) is 5.26 Å². The number of rotatable bonds is 1. The lowest BCUT2D eigenvalue weighted by molar-refractivity contribution is 0.379. The Labute approximate surface area is 120 Å². The van der Waals surface area contributed by atoms with Crippen molar-refractivity contribution in [1.82, 2.24) is 10.2 Å². The Morgan fingerprint density at radius 2 is 2.20 bits per heavy atom. The topological polar surface area (TPSA) is 87.7 Å². The number of aromatic nitrogens is 2. The van der Waals surface area contributed by atoms with Crippen LogP contribution >= 0.6 is 11.6 Å². The molecule has 1 aliphatic rings. The summed E-state index contributed by atoms with van der Waals surface area (Å²) in [5, 5.41) is 16.9. The van der Waals surface area contributed by atoms with Gasteiger partial charge in [0.1, 0.15) is 11.6 Å². The Morgan fingerprint density at radius 1 is 1.45 bits per heavy atom. The van der Waals surface area contributed by atoms with E-state index in [4.69, 9.17) is 22.1 Å². The molecule has 0 bridgehead atoms. The van der Waals surface area contributed by atoms with Gasteiger partial charge in [-0.1, -0.05) is 29.8 Å². The molecule has 0 spiro atoms. The molecular weight excluding hydrogens is 276 g/mol. The fourth-order valence-corrected chi connectivity index (χ4v) is 2.66. The van der Waals surface area contributed by atoms with Gasteiger partial charge in [-0.25, -0.2) is 0 Å². The number of ether oxygens (including phenoxy) is 1. The number of nitrogens with two attached hydrogens (primary N) is 1. The fourth-order valence-electron chi connectivity index (χ4n) is 2.42. The first-order valence-corrected chi connectivity index (χ1v) is 6.38. The van der Waals surface area contributed by atoms with E-state index < -0.39 is 0 Å². The predicted octanol–water partition coefficient (Wildman–Crippen LogP) is 2.59. The third-order valence-corrected chi connectivity index (χ3v) is 3.69. The van der Waals surface area contributed by atoms with Crippen LogP contribution in [0, 0.1) is 18.3 Å². The highest BCUT2D eigenvalue weighted by Gasteiger charge is 2.35. The molecule has 0 aliphatic carbocycles. The highest BCUT2D eigenvalue weighted by Crippen LogP contribution is 2.44. The summed E-state index contributed by atoms with van der Waals surface area (Å²) in [5.41, 5.74) is 8.60. The lowest BCUT2D eigenvalue weighted by atomic mass is 9.84. The molecule has 0 unspecified atom stereocenters. The van der Waals surface area contributed by atoms with E-state index in [-0.39, 0.29) is 11.8 Å². The second-order valence-corrected chi connectivity index (χ2v) is 4.92. The molecule has 3 rings (SSSR count). The van der Waals surface area contributed by atoms with Crippen LogP contribution in [-0.4, -0.2) is 10.2 Å². The van der Waals surface area contributed by atoms with Crippen molar-refractivity contribution in [1.29, 1.82) is 5.26 Å². The number of aryl methyl sites for hydroxylation is 1. The summed E-state index contributed by atoms with van der Waals surface area (Å²) < 4.78 is 5.40. The highest BCUT2D eigenvalue weighted by atomic mass is 35.5. The molecule has 1 aromatic heterocycles. The highest BCUT2D eigenvalue weighted by molar-refractivity contribution is 6.31. The standard InChI is InChI=1S/C14H11ClN4O/c1-7-11-12(8-4-2-3-5-10(8)15)9(6-16)13(17)20-14(11)19-18-7/h2-5,12H,17H2,1H3,(H,18,19)/t12-/m0/s1. The molecule has 0 saturated carbocycles. The van der Waals surface area contributed by atoms with E-state index in [9.17, 15) is 5.26 Å². The number of H-pyrrole nitrogens is 1. The fraction of sp³-hybridized carbons (Fsp3) is 0.143. The van der Waals surface area contributed by atoms with Gasteiger partial charge in [-0.15, -0.1) is 5.10 Å². The van der Waals surface area contributed by atoms with Crippen LogP contribution in [0.1, 0.15) is 22.7 Å². The third kappa shape index (κ3) is 1.74. The Balaban J connectivity index is 2.29. The molecule has 1 aliphatic heterocycles. The number of halogens is 1. The molecule has 3 N–H and O–H groups in total. The van der Waals surface area contributed by atoms with Crippen molar-refractivity contribution >= 4 is 11.6 Å². The zero-order valence-electron chi connectivity index (χ0n) is 10.6. The number of nitriles is 1. The summed E-state index contributed by atoms with van der Waals surface area (Å²) in [6.07, 6.45) is 0. The number of nitrogens with one attached hydrogen (secondary N) is 1. The largest absolute Gasteiger partial charge is 0.420 e. The maximum Gasteiger partial charge on any atom is 0.244 e. The lowest BCUT2D eigenvalue weighted by Gasteiger charge is -2.24. The van der Waals surface area contributed by atoms with E-state index in [0.717, 1.165) is 16.8 Å². The van der Waals surface area contributed by atoms with Gasteiger partial charge in [-0.3, -0.25) is 5.10 Å². The van der Waals surface area contributed by atoms with Crippen LogP contribution in [0.15, 0.2) is 35.7 Å². The van der Waals surface area contributed by atoms with Gasteiger partial charge < -0.3 is 10.5 Å². The quantitative estimate of drug-likeness (QED) is 0.843. The van der Waals surface area contributed by atoms with Crippen LogP contribution in [0.5, 0.6) is 5.88 Å². The van der Waals surface area contributed by atoms with Crippen molar-refractivity contribution in [2.75, 3.05) is 0 Å². The summed E-state index contributed by atoms with van der Waals surface area (Å²) in [4.78, 5) is 0. The van der Waals surface area contributed by atoms with Crippen molar-refractivity contribution in [3.05, 3.63) is 57.6 Å². The molecule has 1 atom stereocenters. The number of hydrogen-bond acceptors (Lipinski definition) is 4. The minimum Gasteiger partial charge on any atom is -0.420 e. The molecule has 2 heterocycles. The first kappa shape index (κ1) is 12.6. The van der Waals surface area contributed by atoms with E-state index in [1.807, 2.05) is 25.1 Å². The minimum atomic E-state index is -0.365. The molecule has 6 heteroatoms. The summed E-state index contributed by atoms with van der Waals surface area (Å²) >= 11 is 6.27. The Morgan fingerprint density at radius 3 is 2.90 bits per heavy atom. The maximum atomic E-state index is 9.40. The average Bonchev–Trinajstić information content (AvgIpc) is 2.79. The van der Waals surface area contributed by atoms with Crippen molar-refractivity contribution in [3.8, 4) is 11.9 Å². The van der Waals surface area contributed by atoms with Gasteiger partial charge in [-0.05, 0) is 18.6 Å². The number of nitrogens with zero attached hydrogens (tertiary/aromatic N) is 2. The number of aromatic amines is 1. The van der Waals surface area contributed by atoms with Crippen LogP contribution in [-0.2, 0) is 0 Å². The van der Waals surface area contributed by atoms with Crippen LogP contribution < -0.4 is 10.5 Å². The molecule has 2 aromatic rings. The van der Waals surface area contributed by atoms with E-state index in [1.165, 1.54) is 0 Å². The predicted molar refractivity (Wildman–Crippen MR) is 74.1 cm³/mol. The SMILES string of the molecule is Cc1[nH]nc2c1[C@@H](c1ccccc1Cl)C(C#N)=C(N)O2. The van der Waals surface area contributed by atoms with Gasteiger partial charge in [0, 0.05) is 16.3 Å². The first-order valence-electron chi connectivity index (χ1n) is 6.00. The minimum absolute atomic E-state index is 0.0661. The Kier molecular flexibility index (Phi) is 2.88. The van der Waals surface area contributed by atoms with Gasteiger partial charge in [0.25, 0.3) is 0 Å². The molecule has 0 radical (unpaired) electrons. The number of fused-ring (bicyclic) bond motifs is 1. The number of benzene rings is 1. The molecule has 0 fully saturated rings. The van der Waals surface area contributed by atoms with Gasteiger partial charge >= 0.3 is 0 Å². The Hall–Kier alpha value is -2.45. The van der Waals surface area contributed by atoms with Crippen LogP contribution in [0.3, 0.4) is 0 Å². The van der Waals surface area contributed by atoms with Crippen molar-refractivity contribution < 1.29 is 4.74 Å². The molecule has 0 amide bonds. The van der Waals surface area contributed by atoms with Crippen molar-refractivity contribution in [3.63, 3.8) is 0 Å². The maximum absolute atomic E-state index is 9.40. The van der Waals surface area contributed by atoms with Crippen LogP contribution in [0.4, 0.5) is 0 Å². The molecule has 5 nitrogen and oxygen atoms in total. The number of hydrogen-bond donors (Lipinski definition) is 2. The second kappa shape index (κ2) is 4.58. The molecular formula is C14H11ClN4O. The van der Waals surface area contributed by atoms with Gasteiger partial charge in [0.2, 0.25) is 11.8 Å². The third-order valence-electron chi connectivity index (χ3n) is 3.35. The molecule has 1 aromatic carbocycles. The van der Waals surface area contributed by atoms with Crippen molar-refractivity contribution in [2.45, 2.75) is 12.8 Å². The monoisotopic (exact) mass is 286 g/mol. The lowest BCUT2D eigenvalue weighted by Crippen LogP contribution is -2.21. The summed E-state index contributed by atoms with van der Waals surface area (Å²) in [7, 11) is 0. The van der Waals surface area contributed by atoms with E-state index in [2.05, 4.69) is 16.3 Å². The van der Waals surface area contributed by atoms with Gasteiger partial charge in [0.15, 0.2) is 0 Å².